The molecule has 2 aromatic rings. The third-order valence-electron chi connectivity index (χ3n) is 6.57. The van der Waals surface area contributed by atoms with Crippen LogP contribution in [0.3, 0.4) is 0 Å². The predicted molar refractivity (Wildman–Crippen MR) is 109 cm³/mol. The summed E-state index contributed by atoms with van der Waals surface area (Å²) in [5.74, 6) is 0.521. The van der Waals surface area contributed by atoms with E-state index in [4.69, 9.17) is 0 Å². The Morgan fingerprint density at radius 1 is 1.07 bits per heavy atom. The van der Waals surface area contributed by atoms with Crippen LogP contribution in [-0.2, 0) is 17.8 Å². The first-order valence-corrected chi connectivity index (χ1v) is 10.2. The molecule has 0 radical (unpaired) electrons. The highest BCUT2D eigenvalue weighted by molar-refractivity contribution is 5.82. The lowest BCUT2D eigenvalue weighted by molar-refractivity contribution is -0.123. The van der Waals surface area contributed by atoms with E-state index in [9.17, 15) is 4.79 Å². The molecule has 1 N–H and O–H groups in total. The smallest absolute Gasteiger partial charge is 0.223 e. The van der Waals surface area contributed by atoms with Gasteiger partial charge in [0.25, 0.3) is 0 Å². The van der Waals surface area contributed by atoms with Gasteiger partial charge in [0.05, 0.1) is 0 Å². The number of aryl methyl sites for hydroxylation is 1. The van der Waals surface area contributed by atoms with Crippen molar-refractivity contribution in [2.45, 2.75) is 39.2 Å². The summed E-state index contributed by atoms with van der Waals surface area (Å²) in [6.45, 7) is 6.20. The molecule has 27 heavy (non-hydrogen) atoms. The highest BCUT2D eigenvalue weighted by Gasteiger charge is 2.58. The fourth-order valence-corrected chi connectivity index (χ4v) is 4.55. The maximum Gasteiger partial charge on any atom is 0.223 e. The number of carbonyl (C=O) groups excluding carboxylic acids is 1. The lowest BCUT2D eigenvalue weighted by atomic mass is 9.90. The molecule has 1 saturated carbocycles. The van der Waals surface area contributed by atoms with Gasteiger partial charge >= 0.3 is 0 Å². The van der Waals surface area contributed by atoms with Gasteiger partial charge in [-0.3, -0.25) is 9.69 Å². The second kappa shape index (κ2) is 7.85. The molecular formula is C24H30N2O. The maximum absolute atomic E-state index is 12.6. The second-order valence-corrected chi connectivity index (χ2v) is 8.35. The molecule has 1 heterocycles. The SMILES string of the molecule is Cc1ccccc1CN1CCC2(CC1)CC2C(=O)NCCc1ccccc1. The van der Waals surface area contributed by atoms with Crippen LogP contribution in [0.1, 0.15) is 36.0 Å². The Balaban J connectivity index is 1.22. The molecule has 1 aliphatic heterocycles. The Hall–Kier alpha value is -2.13. The number of benzene rings is 2. The van der Waals surface area contributed by atoms with E-state index in [1.807, 2.05) is 6.07 Å². The minimum absolute atomic E-state index is 0.244. The first-order chi connectivity index (χ1) is 13.2. The maximum atomic E-state index is 12.6. The number of nitrogens with zero attached hydrogens (tertiary/aromatic N) is 1. The fraction of sp³-hybridized carbons (Fsp3) is 0.458. The molecule has 1 aliphatic carbocycles. The Bertz CT molecular complexity index is 778. The average Bonchev–Trinajstić information content (AvgIpc) is 3.40. The summed E-state index contributed by atoms with van der Waals surface area (Å²) in [7, 11) is 0. The molecule has 1 amide bonds. The second-order valence-electron chi connectivity index (χ2n) is 8.35. The van der Waals surface area contributed by atoms with Gasteiger partial charge in [0.1, 0.15) is 0 Å². The molecule has 1 unspecified atom stereocenters. The van der Waals surface area contributed by atoms with Crippen molar-refractivity contribution in [3.63, 3.8) is 0 Å². The Morgan fingerprint density at radius 2 is 1.78 bits per heavy atom. The fourth-order valence-electron chi connectivity index (χ4n) is 4.55. The number of rotatable bonds is 6. The molecule has 2 aromatic carbocycles. The lowest BCUT2D eigenvalue weighted by Crippen LogP contribution is -2.37. The zero-order valence-corrected chi connectivity index (χ0v) is 16.3. The normalized spacial score (nSPS) is 21.1. The molecule has 142 valence electrons. The van der Waals surface area contributed by atoms with Crippen LogP contribution in [-0.4, -0.2) is 30.4 Å². The standard InChI is InChI=1S/C24H30N2O/c1-19-7-5-6-10-21(19)18-26-15-12-24(13-16-26)17-22(24)23(27)25-14-11-20-8-3-2-4-9-20/h2-10,22H,11-18H2,1H3,(H,25,27). The lowest BCUT2D eigenvalue weighted by Gasteiger charge is -2.33. The molecule has 2 fully saturated rings. The number of hydrogen-bond acceptors (Lipinski definition) is 2. The first kappa shape index (κ1) is 18.2. The summed E-state index contributed by atoms with van der Waals surface area (Å²) >= 11 is 0. The van der Waals surface area contributed by atoms with Crippen LogP contribution in [0.5, 0.6) is 0 Å². The van der Waals surface area contributed by atoms with E-state index in [0.29, 0.717) is 5.41 Å². The van der Waals surface area contributed by atoms with Crippen molar-refractivity contribution >= 4 is 5.91 Å². The number of carbonyl (C=O) groups is 1. The van der Waals surface area contributed by atoms with Crippen LogP contribution in [0.4, 0.5) is 0 Å². The molecular weight excluding hydrogens is 332 g/mol. The van der Waals surface area contributed by atoms with Crippen molar-refractivity contribution in [1.29, 1.82) is 0 Å². The summed E-state index contributed by atoms with van der Waals surface area (Å²) in [4.78, 5) is 15.1. The molecule has 4 rings (SSSR count). The third-order valence-corrected chi connectivity index (χ3v) is 6.57. The van der Waals surface area contributed by atoms with Crippen molar-refractivity contribution in [2.24, 2.45) is 11.3 Å². The monoisotopic (exact) mass is 362 g/mol. The Kier molecular flexibility index (Phi) is 5.31. The van der Waals surface area contributed by atoms with E-state index >= 15 is 0 Å². The van der Waals surface area contributed by atoms with E-state index < -0.39 is 0 Å². The number of amides is 1. The summed E-state index contributed by atoms with van der Waals surface area (Å²) < 4.78 is 0. The topological polar surface area (TPSA) is 32.3 Å². The Labute approximate surface area is 162 Å². The van der Waals surface area contributed by atoms with Gasteiger partial charge in [-0.1, -0.05) is 54.6 Å². The number of piperidine rings is 1. The van der Waals surface area contributed by atoms with Crippen molar-refractivity contribution in [2.75, 3.05) is 19.6 Å². The van der Waals surface area contributed by atoms with E-state index in [1.54, 1.807) is 0 Å². The zero-order valence-electron chi connectivity index (χ0n) is 16.3. The Morgan fingerprint density at radius 3 is 2.52 bits per heavy atom. The summed E-state index contributed by atoms with van der Waals surface area (Å²) in [5.41, 5.74) is 4.38. The summed E-state index contributed by atoms with van der Waals surface area (Å²) in [6, 6.07) is 19.0. The molecule has 3 nitrogen and oxygen atoms in total. The zero-order chi connectivity index (χ0) is 18.7. The molecule has 1 saturated heterocycles. The quantitative estimate of drug-likeness (QED) is 0.844. The minimum Gasteiger partial charge on any atom is -0.356 e. The largest absolute Gasteiger partial charge is 0.356 e. The highest BCUT2D eigenvalue weighted by Crippen LogP contribution is 2.59. The third kappa shape index (κ3) is 4.24. The van der Waals surface area contributed by atoms with Crippen molar-refractivity contribution in [3.8, 4) is 0 Å². The number of nitrogens with one attached hydrogen (secondary N) is 1. The predicted octanol–water partition coefficient (Wildman–Crippen LogP) is 3.96. The minimum atomic E-state index is 0.244. The first-order valence-electron chi connectivity index (χ1n) is 10.2. The van der Waals surface area contributed by atoms with E-state index in [-0.39, 0.29) is 11.8 Å². The molecule has 1 atom stereocenters. The summed E-state index contributed by atoms with van der Waals surface area (Å²) in [6.07, 6.45) is 4.32. The number of likely N-dealkylation sites (tertiary alicyclic amines) is 1. The van der Waals surface area contributed by atoms with Crippen LogP contribution in [0.2, 0.25) is 0 Å². The molecule has 1 spiro atoms. The van der Waals surface area contributed by atoms with Gasteiger partial charge in [-0.25, -0.2) is 0 Å². The molecule has 0 aromatic heterocycles. The van der Waals surface area contributed by atoms with Crippen LogP contribution in [0.15, 0.2) is 54.6 Å². The van der Waals surface area contributed by atoms with E-state index in [0.717, 1.165) is 51.9 Å². The van der Waals surface area contributed by atoms with Gasteiger partial charge in [0.15, 0.2) is 0 Å². The molecule has 2 aliphatic rings. The van der Waals surface area contributed by atoms with Crippen molar-refractivity contribution in [3.05, 3.63) is 71.3 Å². The van der Waals surface area contributed by atoms with Crippen LogP contribution >= 0.6 is 0 Å². The van der Waals surface area contributed by atoms with Gasteiger partial charge in [-0.05, 0) is 67.8 Å². The van der Waals surface area contributed by atoms with Gasteiger partial charge in [0, 0.05) is 19.0 Å². The van der Waals surface area contributed by atoms with Gasteiger partial charge in [-0.15, -0.1) is 0 Å². The van der Waals surface area contributed by atoms with E-state index in [1.165, 1.54) is 16.7 Å². The van der Waals surface area contributed by atoms with Gasteiger partial charge in [-0.2, -0.15) is 0 Å². The number of hydrogen-bond donors (Lipinski definition) is 1. The van der Waals surface area contributed by atoms with Crippen LogP contribution in [0.25, 0.3) is 0 Å². The van der Waals surface area contributed by atoms with Crippen molar-refractivity contribution < 1.29 is 4.79 Å². The molecule has 0 bridgehead atoms. The highest BCUT2D eigenvalue weighted by atomic mass is 16.2. The van der Waals surface area contributed by atoms with E-state index in [2.05, 4.69) is 65.7 Å². The summed E-state index contributed by atoms with van der Waals surface area (Å²) in [5, 5.41) is 3.17. The van der Waals surface area contributed by atoms with Crippen LogP contribution < -0.4 is 5.32 Å². The average molecular weight is 363 g/mol. The van der Waals surface area contributed by atoms with Gasteiger partial charge < -0.3 is 5.32 Å². The van der Waals surface area contributed by atoms with Crippen LogP contribution in [0, 0.1) is 18.3 Å². The van der Waals surface area contributed by atoms with Crippen molar-refractivity contribution in [1.82, 2.24) is 10.2 Å². The van der Waals surface area contributed by atoms with Gasteiger partial charge in [0.2, 0.25) is 5.91 Å². The molecule has 3 heteroatoms.